The average Bonchev–Trinajstić information content (AvgIpc) is 2.35. The lowest BCUT2D eigenvalue weighted by Gasteiger charge is -2.19. The van der Waals surface area contributed by atoms with Crippen LogP contribution in [0.25, 0.3) is 0 Å². The summed E-state index contributed by atoms with van der Waals surface area (Å²) in [6, 6.07) is 7.33. The van der Waals surface area contributed by atoms with Gasteiger partial charge < -0.3 is 9.84 Å². The lowest BCUT2D eigenvalue weighted by molar-refractivity contribution is -0.0426. The van der Waals surface area contributed by atoms with Crippen LogP contribution >= 0.6 is 0 Å². The Morgan fingerprint density at radius 1 is 1.17 bits per heavy atom. The molecule has 0 radical (unpaired) electrons. The van der Waals surface area contributed by atoms with Gasteiger partial charge in [-0.25, -0.2) is 8.78 Å². The van der Waals surface area contributed by atoms with Gasteiger partial charge in [0, 0.05) is 5.56 Å². The van der Waals surface area contributed by atoms with E-state index in [1.54, 1.807) is 13.8 Å². The highest BCUT2D eigenvalue weighted by Crippen LogP contribution is 2.23. The molecule has 1 aromatic carbocycles. The Balaban J connectivity index is 2.80. The molecule has 3 atom stereocenters. The number of alkyl halides is 2. The van der Waals surface area contributed by atoms with Crippen molar-refractivity contribution in [3.63, 3.8) is 0 Å². The van der Waals surface area contributed by atoms with Crippen LogP contribution in [-0.2, 0) is 4.74 Å². The van der Waals surface area contributed by atoms with Crippen molar-refractivity contribution in [1.82, 2.24) is 0 Å². The van der Waals surface area contributed by atoms with E-state index in [9.17, 15) is 13.9 Å². The molecular formula is C13H15F2NO2. The highest BCUT2D eigenvalue weighted by molar-refractivity contribution is 5.27. The standard InChI is InChI=1S/C13H15F2NO2/c1-8(17)9(2)18-12(7-16)10-3-5-11(6-4-10)13(14)15/h3-6,8-9,12-13,17H,1-2H3. The third-order valence-electron chi connectivity index (χ3n) is 2.64. The molecule has 18 heavy (non-hydrogen) atoms. The normalized spacial score (nSPS) is 16.1. The fourth-order valence-electron chi connectivity index (χ4n) is 1.33. The number of ether oxygens (including phenoxy) is 1. The largest absolute Gasteiger partial charge is 0.391 e. The Morgan fingerprint density at radius 3 is 2.06 bits per heavy atom. The summed E-state index contributed by atoms with van der Waals surface area (Å²) in [4.78, 5) is 0. The van der Waals surface area contributed by atoms with Gasteiger partial charge in [0.25, 0.3) is 6.43 Å². The third-order valence-corrected chi connectivity index (χ3v) is 2.64. The maximum atomic E-state index is 12.4. The van der Waals surface area contributed by atoms with Crippen LogP contribution in [0.3, 0.4) is 0 Å². The predicted molar refractivity (Wildman–Crippen MR) is 62.0 cm³/mol. The van der Waals surface area contributed by atoms with E-state index < -0.39 is 24.7 Å². The second kappa shape index (κ2) is 6.43. The molecule has 0 fully saturated rings. The minimum absolute atomic E-state index is 0.0981. The van der Waals surface area contributed by atoms with Gasteiger partial charge in [-0.05, 0) is 19.4 Å². The van der Waals surface area contributed by atoms with Crippen molar-refractivity contribution in [3.8, 4) is 6.07 Å². The van der Waals surface area contributed by atoms with Crippen molar-refractivity contribution in [2.45, 2.75) is 38.6 Å². The number of hydrogen-bond donors (Lipinski definition) is 1. The number of nitrogens with zero attached hydrogens (tertiary/aromatic N) is 1. The summed E-state index contributed by atoms with van der Waals surface area (Å²) in [5.74, 6) is 0. The van der Waals surface area contributed by atoms with Gasteiger partial charge >= 0.3 is 0 Å². The zero-order chi connectivity index (χ0) is 13.7. The molecule has 98 valence electrons. The van der Waals surface area contributed by atoms with E-state index in [0.717, 1.165) is 0 Å². The summed E-state index contributed by atoms with van der Waals surface area (Å²) in [6.45, 7) is 3.20. The summed E-state index contributed by atoms with van der Waals surface area (Å²) in [5.41, 5.74) is 0.397. The first-order valence-electron chi connectivity index (χ1n) is 5.57. The highest BCUT2D eigenvalue weighted by Gasteiger charge is 2.18. The van der Waals surface area contributed by atoms with E-state index in [1.807, 2.05) is 6.07 Å². The molecule has 1 aromatic rings. The number of benzene rings is 1. The van der Waals surface area contributed by atoms with Gasteiger partial charge in [0.1, 0.15) is 0 Å². The van der Waals surface area contributed by atoms with Crippen LogP contribution in [0, 0.1) is 11.3 Å². The maximum absolute atomic E-state index is 12.4. The number of halogens is 2. The molecule has 3 unspecified atom stereocenters. The SMILES string of the molecule is CC(O)C(C)OC(C#N)c1ccc(C(F)F)cc1. The molecule has 3 nitrogen and oxygen atoms in total. The van der Waals surface area contributed by atoms with Crippen molar-refractivity contribution in [2.24, 2.45) is 0 Å². The molecule has 5 heteroatoms. The van der Waals surface area contributed by atoms with Gasteiger partial charge in [0.05, 0.1) is 18.3 Å². The molecule has 0 bridgehead atoms. The fraction of sp³-hybridized carbons (Fsp3) is 0.462. The monoisotopic (exact) mass is 255 g/mol. The van der Waals surface area contributed by atoms with E-state index in [2.05, 4.69) is 0 Å². The summed E-state index contributed by atoms with van der Waals surface area (Å²) in [6.07, 6.45) is -4.62. The highest BCUT2D eigenvalue weighted by atomic mass is 19.3. The summed E-state index contributed by atoms with van der Waals surface area (Å²) >= 11 is 0. The molecule has 0 saturated carbocycles. The fourth-order valence-corrected chi connectivity index (χ4v) is 1.33. The van der Waals surface area contributed by atoms with E-state index in [-0.39, 0.29) is 5.56 Å². The first-order chi connectivity index (χ1) is 8.45. The molecule has 1 rings (SSSR count). The van der Waals surface area contributed by atoms with Gasteiger partial charge in [0.2, 0.25) is 0 Å². The molecular weight excluding hydrogens is 240 g/mol. The van der Waals surface area contributed by atoms with Crippen molar-refractivity contribution in [3.05, 3.63) is 35.4 Å². The van der Waals surface area contributed by atoms with Gasteiger partial charge in [-0.1, -0.05) is 24.3 Å². The predicted octanol–water partition coefficient (Wildman–Crippen LogP) is 2.97. The van der Waals surface area contributed by atoms with E-state index in [4.69, 9.17) is 10.00 Å². The van der Waals surface area contributed by atoms with Crippen molar-refractivity contribution in [2.75, 3.05) is 0 Å². The van der Waals surface area contributed by atoms with Crippen molar-refractivity contribution < 1.29 is 18.6 Å². The number of hydrogen-bond acceptors (Lipinski definition) is 3. The molecule has 0 spiro atoms. The Kier molecular flexibility index (Phi) is 5.20. The van der Waals surface area contributed by atoms with Crippen molar-refractivity contribution >= 4 is 0 Å². The van der Waals surface area contributed by atoms with E-state index in [0.29, 0.717) is 5.56 Å². The quantitative estimate of drug-likeness (QED) is 0.880. The Hall–Kier alpha value is -1.51. The zero-order valence-corrected chi connectivity index (χ0v) is 10.2. The smallest absolute Gasteiger partial charge is 0.263 e. The van der Waals surface area contributed by atoms with Crippen LogP contribution in [0.2, 0.25) is 0 Å². The Morgan fingerprint density at radius 2 is 1.67 bits per heavy atom. The number of aliphatic hydroxyl groups excluding tert-OH is 1. The Labute approximate surface area is 105 Å². The van der Waals surface area contributed by atoms with E-state index >= 15 is 0 Å². The second-order valence-electron chi connectivity index (χ2n) is 4.06. The van der Waals surface area contributed by atoms with Crippen molar-refractivity contribution in [1.29, 1.82) is 5.26 Å². The lowest BCUT2D eigenvalue weighted by Crippen LogP contribution is -2.24. The van der Waals surface area contributed by atoms with Gasteiger partial charge in [-0.15, -0.1) is 0 Å². The third kappa shape index (κ3) is 3.76. The molecule has 0 aliphatic heterocycles. The molecule has 0 heterocycles. The van der Waals surface area contributed by atoms with Crippen LogP contribution in [0.4, 0.5) is 8.78 Å². The van der Waals surface area contributed by atoms with Crippen LogP contribution in [-0.4, -0.2) is 17.3 Å². The minimum atomic E-state index is -2.53. The van der Waals surface area contributed by atoms with Gasteiger partial charge in [-0.2, -0.15) is 5.26 Å². The van der Waals surface area contributed by atoms with Gasteiger partial charge in [0.15, 0.2) is 6.10 Å². The minimum Gasteiger partial charge on any atom is -0.391 e. The topological polar surface area (TPSA) is 53.2 Å². The molecule has 0 saturated heterocycles. The summed E-state index contributed by atoms with van der Waals surface area (Å²) in [7, 11) is 0. The van der Waals surface area contributed by atoms with E-state index in [1.165, 1.54) is 24.3 Å². The zero-order valence-electron chi connectivity index (χ0n) is 10.2. The molecule has 0 aliphatic rings. The maximum Gasteiger partial charge on any atom is 0.263 e. The molecule has 0 aliphatic carbocycles. The second-order valence-corrected chi connectivity index (χ2v) is 4.06. The first kappa shape index (κ1) is 14.6. The molecule has 0 aromatic heterocycles. The summed E-state index contributed by atoms with van der Waals surface area (Å²) in [5, 5.41) is 18.3. The number of rotatable bonds is 5. The number of nitriles is 1. The lowest BCUT2D eigenvalue weighted by atomic mass is 10.1. The van der Waals surface area contributed by atoms with Crippen LogP contribution in [0.5, 0.6) is 0 Å². The number of aliphatic hydroxyl groups is 1. The van der Waals surface area contributed by atoms with Crippen LogP contribution in [0.15, 0.2) is 24.3 Å². The van der Waals surface area contributed by atoms with Crippen LogP contribution < -0.4 is 0 Å². The molecule has 1 N–H and O–H groups in total. The van der Waals surface area contributed by atoms with Crippen LogP contribution in [0.1, 0.15) is 37.5 Å². The summed E-state index contributed by atoms with van der Waals surface area (Å²) < 4.78 is 30.1. The van der Waals surface area contributed by atoms with Gasteiger partial charge in [-0.3, -0.25) is 0 Å². The molecule has 0 amide bonds. The average molecular weight is 255 g/mol. The first-order valence-corrected chi connectivity index (χ1v) is 5.57. The Bertz CT molecular complexity index is 412.